The van der Waals surface area contributed by atoms with E-state index in [0.29, 0.717) is 5.69 Å². The standard InChI is InChI=1S/C16H18N2O4/c1-10(19)12-13(20)17(11-8-6-5-7-9-11)15(22)18(14(12)21)16(2,3)4/h5-9,21H,1-4H3. The Bertz CT molecular complexity index is 839. The van der Waals surface area contributed by atoms with E-state index in [0.717, 1.165) is 9.13 Å². The Morgan fingerprint density at radius 2 is 1.64 bits per heavy atom. The van der Waals surface area contributed by atoms with Crippen LogP contribution in [0.3, 0.4) is 0 Å². The average Bonchev–Trinajstić information content (AvgIpc) is 2.37. The fraction of sp³-hybridized carbons (Fsp3) is 0.312. The van der Waals surface area contributed by atoms with E-state index < -0.39 is 34.0 Å². The fourth-order valence-corrected chi connectivity index (χ4v) is 2.31. The molecule has 2 aromatic rings. The summed E-state index contributed by atoms with van der Waals surface area (Å²) in [6, 6.07) is 8.31. The molecule has 1 heterocycles. The van der Waals surface area contributed by atoms with Crippen LogP contribution in [0.1, 0.15) is 38.1 Å². The molecule has 6 heteroatoms. The molecule has 0 saturated carbocycles. The van der Waals surface area contributed by atoms with Gasteiger partial charge in [-0.2, -0.15) is 0 Å². The summed E-state index contributed by atoms with van der Waals surface area (Å²) in [7, 11) is 0. The maximum Gasteiger partial charge on any atom is 0.338 e. The van der Waals surface area contributed by atoms with E-state index in [1.54, 1.807) is 51.1 Å². The molecular formula is C16H18N2O4. The van der Waals surface area contributed by atoms with Crippen LogP contribution >= 0.6 is 0 Å². The smallest absolute Gasteiger partial charge is 0.338 e. The molecule has 0 aliphatic heterocycles. The van der Waals surface area contributed by atoms with Crippen LogP contribution in [0.15, 0.2) is 39.9 Å². The number of aromatic nitrogens is 2. The second-order valence-electron chi connectivity index (χ2n) is 6.02. The largest absolute Gasteiger partial charge is 0.494 e. The number of rotatable bonds is 2. The minimum Gasteiger partial charge on any atom is -0.494 e. The Morgan fingerprint density at radius 3 is 2.09 bits per heavy atom. The molecule has 1 aromatic carbocycles. The Hall–Kier alpha value is -2.63. The van der Waals surface area contributed by atoms with Crippen molar-refractivity contribution in [2.45, 2.75) is 33.2 Å². The Kier molecular flexibility index (Phi) is 3.79. The summed E-state index contributed by atoms with van der Waals surface area (Å²) in [4.78, 5) is 37.0. The number of nitrogens with zero attached hydrogens (tertiary/aromatic N) is 2. The molecule has 116 valence electrons. The summed E-state index contributed by atoms with van der Waals surface area (Å²) < 4.78 is 1.96. The van der Waals surface area contributed by atoms with Gasteiger partial charge in [0.05, 0.1) is 5.69 Å². The summed E-state index contributed by atoms with van der Waals surface area (Å²) in [6.07, 6.45) is 0. The van der Waals surface area contributed by atoms with Crippen molar-refractivity contribution in [2.75, 3.05) is 0 Å². The van der Waals surface area contributed by atoms with Gasteiger partial charge in [-0.05, 0) is 39.8 Å². The zero-order chi connectivity index (χ0) is 16.7. The third kappa shape index (κ3) is 2.47. The molecule has 1 N–H and O–H groups in total. The lowest BCUT2D eigenvalue weighted by molar-refractivity contribution is 0.101. The van der Waals surface area contributed by atoms with Crippen molar-refractivity contribution < 1.29 is 9.90 Å². The van der Waals surface area contributed by atoms with Gasteiger partial charge in [0.15, 0.2) is 5.78 Å². The molecule has 0 amide bonds. The number of carbonyl (C=O) groups excluding carboxylic acids is 1. The van der Waals surface area contributed by atoms with E-state index in [1.165, 1.54) is 6.92 Å². The number of hydrogen-bond donors (Lipinski definition) is 1. The zero-order valence-electron chi connectivity index (χ0n) is 13.0. The minimum absolute atomic E-state index is 0.345. The van der Waals surface area contributed by atoms with E-state index in [1.807, 2.05) is 0 Å². The van der Waals surface area contributed by atoms with Crippen LogP contribution in [-0.4, -0.2) is 20.0 Å². The molecule has 0 bridgehead atoms. The van der Waals surface area contributed by atoms with Crippen LogP contribution in [0.5, 0.6) is 5.88 Å². The molecule has 0 radical (unpaired) electrons. The topological polar surface area (TPSA) is 81.3 Å². The van der Waals surface area contributed by atoms with Gasteiger partial charge < -0.3 is 5.11 Å². The third-order valence-electron chi connectivity index (χ3n) is 3.27. The number of benzene rings is 1. The minimum atomic E-state index is -0.818. The monoisotopic (exact) mass is 302 g/mol. The highest BCUT2D eigenvalue weighted by Gasteiger charge is 2.28. The van der Waals surface area contributed by atoms with Crippen LogP contribution in [0.2, 0.25) is 0 Å². The van der Waals surface area contributed by atoms with Crippen molar-refractivity contribution in [3.05, 3.63) is 56.7 Å². The van der Waals surface area contributed by atoms with Crippen molar-refractivity contribution in [1.29, 1.82) is 0 Å². The van der Waals surface area contributed by atoms with E-state index in [4.69, 9.17) is 0 Å². The van der Waals surface area contributed by atoms with Crippen molar-refractivity contribution in [3.63, 3.8) is 0 Å². The highest BCUT2D eigenvalue weighted by Crippen LogP contribution is 2.21. The maximum absolute atomic E-state index is 12.7. The highest BCUT2D eigenvalue weighted by molar-refractivity contribution is 5.95. The molecule has 2 rings (SSSR count). The quantitative estimate of drug-likeness (QED) is 0.855. The Balaban J connectivity index is 3.04. The number of para-hydroxylation sites is 1. The lowest BCUT2D eigenvalue weighted by Gasteiger charge is -2.25. The molecule has 0 atom stereocenters. The first kappa shape index (κ1) is 15.8. The molecule has 1 aromatic heterocycles. The molecule has 22 heavy (non-hydrogen) atoms. The van der Waals surface area contributed by atoms with E-state index in [9.17, 15) is 19.5 Å². The van der Waals surface area contributed by atoms with Crippen molar-refractivity contribution in [3.8, 4) is 11.6 Å². The maximum atomic E-state index is 12.7. The fourth-order valence-electron chi connectivity index (χ4n) is 2.31. The molecule has 0 aliphatic rings. The van der Waals surface area contributed by atoms with Crippen molar-refractivity contribution >= 4 is 5.78 Å². The van der Waals surface area contributed by atoms with E-state index in [2.05, 4.69) is 0 Å². The normalized spacial score (nSPS) is 11.5. The average molecular weight is 302 g/mol. The van der Waals surface area contributed by atoms with Gasteiger partial charge in [0.1, 0.15) is 5.56 Å². The summed E-state index contributed by atoms with van der Waals surface area (Å²) in [5.74, 6) is -1.19. The lowest BCUT2D eigenvalue weighted by atomic mass is 10.1. The first-order valence-electron chi connectivity index (χ1n) is 6.84. The van der Waals surface area contributed by atoms with Crippen molar-refractivity contribution in [1.82, 2.24) is 9.13 Å². The van der Waals surface area contributed by atoms with E-state index >= 15 is 0 Å². The molecule has 0 unspecified atom stereocenters. The second kappa shape index (κ2) is 5.29. The lowest BCUT2D eigenvalue weighted by Crippen LogP contribution is -2.46. The molecular weight excluding hydrogens is 284 g/mol. The molecule has 0 fully saturated rings. The third-order valence-corrected chi connectivity index (χ3v) is 3.27. The van der Waals surface area contributed by atoms with Crippen LogP contribution in [0.25, 0.3) is 5.69 Å². The summed E-state index contributed by atoms with van der Waals surface area (Å²) >= 11 is 0. The molecule has 0 spiro atoms. The van der Waals surface area contributed by atoms with E-state index in [-0.39, 0.29) is 0 Å². The van der Waals surface area contributed by atoms with Crippen LogP contribution in [0.4, 0.5) is 0 Å². The summed E-state index contributed by atoms with van der Waals surface area (Å²) in [6.45, 7) is 6.30. The summed E-state index contributed by atoms with van der Waals surface area (Å²) in [5, 5.41) is 10.3. The SMILES string of the molecule is CC(=O)c1c(O)n(C(C)(C)C)c(=O)n(-c2ccccc2)c1=O. The Labute approximate surface area is 127 Å². The van der Waals surface area contributed by atoms with Crippen molar-refractivity contribution in [2.24, 2.45) is 0 Å². The summed E-state index contributed by atoms with van der Waals surface area (Å²) in [5.41, 5.74) is -2.35. The predicted octanol–water partition coefficient (Wildman–Crippen LogP) is 1.66. The van der Waals surface area contributed by atoms with Gasteiger partial charge in [-0.15, -0.1) is 0 Å². The number of carbonyl (C=O) groups is 1. The highest BCUT2D eigenvalue weighted by atomic mass is 16.3. The van der Waals surface area contributed by atoms with Crippen LogP contribution in [-0.2, 0) is 5.54 Å². The number of hydrogen-bond acceptors (Lipinski definition) is 4. The Morgan fingerprint density at radius 1 is 1.09 bits per heavy atom. The first-order valence-corrected chi connectivity index (χ1v) is 6.84. The second-order valence-corrected chi connectivity index (χ2v) is 6.02. The first-order chi connectivity index (χ1) is 10.2. The number of Topliss-reactive ketones (excluding diaryl/α,β-unsaturated/α-hetero) is 1. The predicted molar refractivity (Wildman–Crippen MR) is 83.0 cm³/mol. The van der Waals surface area contributed by atoms with Gasteiger partial charge in [-0.3, -0.25) is 14.2 Å². The van der Waals surface area contributed by atoms with Gasteiger partial charge in [-0.25, -0.2) is 9.36 Å². The van der Waals surface area contributed by atoms with Gasteiger partial charge in [-0.1, -0.05) is 18.2 Å². The van der Waals surface area contributed by atoms with Gasteiger partial charge in [0.25, 0.3) is 5.56 Å². The van der Waals surface area contributed by atoms with Crippen LogP contribution < -0.4 is 11.2 Å². The molecule has 6 nitrogen and oxygen atoms in total. The van der Waals surface area contributed by atoms with Gasteiger partial charge in [0, 0.05) is 5.54 Å². The van der Waals surface area contributed by atoms with Gasteiger partial charge >= 0.3 is 5.69 Å². The number of ketones is 1. The number of aromatic hydroxyl groups is 1. The zero-order valence-corrected chi connectivity index (χ0v) is 13.0. The van der Waals surface area contributed by atoms with Crippen LogP contribution in [0, 0.1) is 0 Å². The van der Waals surface area contributed by atoms with Gasteiger partial charge in [0.2, 0.25) is 5.88 Å². The molecule has 0 aliphatic carbocycles. The molecule has 0 saturated heterocycles.